The van der Waals surface area contributed by atoms with Crippen LogP contribution in [0.15, 0.2) is 5.16 Å². The number of carbonyl (C=O) groups is 1. The maximum atomic E-state index is 12.2. The Hall–Kier alpha value is 0.170. The number of carbonyl (C=O) groups excluding carboxylic acids is 1. The summed E-state index contributed by atoms with van der Waals surface area (Å²) < 4.78 is 15.1. The average molecular weight is 430 g/mol. The molecule has 0 saturated carbocycles. The fraction of sp³-hybridized carbons (Fsp3) is 0.857. The fourth-order valence-corrected chi connectivity index (χ4v) is 6.60. The molecule has 0 atom stereocenters. The number of oxime groups is 1. The van der Waals surface area contributed by atoms with Gasteiger partial charge in [-0.2, -0.15) is 4.08 Å². The summed E-state index contributed by atoms with van der Waals surface area (Å²) in [7, 11) is 1.60. The number of hydrogen-bond donors (Lipinski definition) is 0. The van der Waals surface area contributed by atoms with Crippen LogP contribution in [0.3, 0.4) is 0 Å². The van der Waals surface area contributed by atoms with E-state index in [4.69, 9.17) is 25.7 Å². The van der Waals surface area contributed by atoms with Crippen molar-refractivity contribution in [1.82, 2.24) is 8.38 Å². The molecule has 1 saturated heterocycles. The van der Waals surface area contributed by atoms with Crippen LogP contribution in [-0.4, -0.2) is 51.6 Å². The van der Waals surface area contributed by atoms with Crippen molar-refractivity contribution in [2.45, 2.75) is 47.1 Å². The summed E-state index contributed by atoms with van der Waals surface area (Å²) in [6.07, 6.45) is 1.27. The van der Waals surface area contributed by atoms with Crippen LogP contribution in [0.5, 0.6) is 0 Å². The summed E-state index contributed by atoms with van der Waals surface area (Å²) in [6.45, 7) is 10.2. The SMILES string of the molecule is CS/C(C)=N/OC(=O)N(C)SN(C(C)(C)C)P1(=S)OCC(C)(C)CO1. The molecule has 1 aliphatic heterocycles. The smallest absolute Gasteiger partial charge is 0.317 e. The Labute approximate surface area is 164 Å². The van der Waals surface area contributed by atoms with E-state index < -0.39 is 12.7 Å². The van der Waals surface area contributed by atoms with E-state index in [0.29, 0.717) is 18.3 Å². The van der Waals surface area contributed by atoms with Crippen LogP contribution in [0.4, 0.5) is 4.79 Å². The lowest BCUT2D eigenvalue weighted by molar-refractivity contribution is 0.0449. The molecular formula is C14H28N3O4PS3. The molecule has 0 N–H and O–H groups in total. The Morgan fingerprint density at radius 2 is 1.84 bits per heavy atom. The van der Waals surface area contributed by atoms with E-state index in [1.807, 2.05) is 31.1 Å². The van der Waals surface area contributed by atoms with Gasteiger partial charge < -0.3 is 9.05 Å². The molecule has 11 heteroatoms. The predicted molar refractivity (Wildman–Crippen MR) is 110 cm³/mol. The zero-order valence-corrected chi connectivity index (χ0v) is 19.4. The van der Waals surface area contributed by atoms with Crippen molar-refractivity contribution in [3.8, 4) is 0 Å². The first-order valence-corrected chi connectivity index (χ1v) is 12.3. The van der Waals surface area contributed by atoms with Crippen molar-refractivity contribution in [2.24, 2.45) is 10.6 Å². The second kappa shape index (κ2) is 8.91. The molecule has 1 aliphatic rings. The molecule has 1 amide bonds. The van der Waals surface area contributed by atoms with Crippen LogP contribution in [0.1, 0.15) is 41.5 Å². The van der Waals surface area contributed by atoms with Crippen LogP contribution in [0.25, 0.3) is 0 Å². The zero-order valence-electron chi connectivity index (χ0n) is 16.1. The van der Waals surface area contributed by atoms with Gasteiger partial charge in [0.15, 0.2) is 0 Å². The molecule has 0 unspecified atom stereocenters. The van der Waals surface area contributed by atoms with E-state index in [-0.39, 0.29) is 11.0 Å². The van der Waals surface area contributed by atoms with E-state index in [1.54, 1.807) is 14.0 Å². The molecule has 1 fully saturated rings. The van der Waals surface area contributed by atoms with Gasteiger partial charge in [0.1, 0.15) is 5.04 Å². The summed E-state index contributed by atoms with van der Waals surface area (Å²) in [5, 5.41) is 4.42. The molecule has 1 rings (SSSR count). The van der Waals surface area contributed by atoms with Gasteiger partial charge in [-0.3, -0.25) is 4.84 Å². The number of hydrogen-bond acceptors (Lipinski definition) is 8. The highest BCUT2D eigenvalue weighted by Gasteiger charge is 2.44. The molecule has 7 nitrogen and oxygen atoms in total. The van der Waals surface area contributed by atoms with Gasteiger partial charge in [-0.05, 0) is 45.8 Å². The molecule has 0 bridgehead atoms. The van der Waals surface area contributed by atoms with Gasteiger partial charge in [0, 0.05) is 18.0 Å². The standard InChI is InChI=1S/C14H28N3O4PS3/c1-11(24-8)15-21-12(18)16(7)25-17(13(2,3)4)22(23)19-9-14(5,6)10-20-22/h9-10H2,1-8H3/b15-11+. The first-order valence-electron chi connectivity index (χ1n) is 7.72. The minimum Gasteiger partial charge on any atom is -0.317 e. The third-order valence-corrected chi connectivity index (χ3v) is 9.05. The van der Waals surface area contributed by atoms with Crippen LogP contribution < -0.4 is 0 Å². The second-order valence-electron chi connectivity index (χ2n) is 7.37. The largest absolute Gasteiger partial charge is 0.446 e. The van der Waals surface area contributed by atoms with Gasteiger partial charge >= 0.3 is 6.09 Å². The monoisotopic (exact) mass is 429 g/mol. The summed E-state index contributed by atoms with van der Waals surface area (Å²) in [6, 6.07) is 0. The Morgan fingerprint density at radius 1 is 1.32 bits per heavy atom. The highest BCUT2D eigenvalue weighted by atomic mass is 32.5. The van der Waals surface area contributed by atoms with Gasteiger partial charge in [-0.25, -0.2) is 9.10 Å². The van der Waals surface area contributed by atoms with E-state index in [9.17, 15) is 4.79 Å². The maximum absolute atomic E-state index is 12.2. The van der Waals surface area contributed by atoms with Gasteiger partial charge in [0.25, 0.3) is 6.64 Å². The quantitative estimate of drug-likeness (QED) is 0.159. The van der Waals surface area contributed by atoms with Crippen LogP contribution >= 0.6 is 30.5 Å². The molecule has 0 aliphatic carbocycles. The van der Waals surface area contributed by atoms with E-state index in [0.717, 1.165) is 12.1 Å². The third-order valence-electron chi connectivity index (χ3n) is 3.04. The van der Waals surface area contributed by atoms with E-state index in [1.165, 1.54) is 16.1 Å². The van der Waals surface area contributed by atoms with Crippen LogP contribution in [-0.2, 0) is 25.7 Å². The minimum atomic E-state index is -2.72. The topological polar surface area (TPSA) is 63.6 Å². The van der Waals surface area contributed by atoms with Crippen LogP contribution in [0, 0.1) is 5.41 Å². The molecule has 0 aromatic heterocycles. The minimum absolute atomic E-state index is 0.0780. The maximum Gasteiger partial charge on any atom is 0.446 e. The number of amides is 1. The molecule has 0 aromatic rings. The molecule has 0 spiro atoms. The lowest BCUT2D eigenvalue weighted by Gasteiger charge is -2.46. The van der Waals surface area contributed by atoms with Crippen molar-refractivity contribution in [1.29, 1.82) is 0 Å². The number of nitrogens with zero attached hydrogens (tertiary/aromatic N) is 3. The van der Waals surface area contributed by atoms with E-state index >= 15 is 0 Å². The highest BCUT2D eigenvalue weighted by Crippen LogP contribution is 2.62. The summed E-state index contributed by atoms with van der Waals surface area (Å²) >= 11 is 8.26. The number of rotatable bonds is 4. The van der Waals surface area contributed by atoms with Gasteiger partial charge in [-0.15, -0.1) is 11.8 Å². The zero-order chi connectivity index (χ0) is 19.5. The first-order chi connectivity index (χ1) is 11.3. The Morgan fingerprint density at radius 3 is 2.28 bits per heavy atom. The lowest BCUT2D eigenvalue weighted by Crippen LogP contribution is -2.41. The summed E-state index contributed by atoms with van der Waals surface area (Å²) in [5.74, 6) is 0. The van der Waals surface area contributed by atoms with Crippen molar-refractivity contribution < 1.29 is 18.7 Å². The van der Waals surface area contributed by atoms with Crippen molar-refractivity contribution in [3.63, 3.8) is 0 Å². The van der Waals surface area contributed by atoms with Gasteiger partial charge in [0.05, 0.1) is 25.3 Å². The first kappa shape index (κ1) is 23.2. The molecular weight excluding hydrogens is 401 g/mol. The normalized spacial score (nSPS) is 20.4. The Bertz CT molecular complexity index is 552. The second-order valence-corrected chi connectivity index (χ2v) is 13.0. The Balaban J connectivity index is 2.87. The molecule has 0 aromatic carbocycles. The molecule has 146 valence electrons. The van der Waals surface area contributed by atoms with Crippen LogP contribution in [0.2, 0.25) is 0 Å². The third kappa shape index (κ3) is 7.01. The van der Waals surface area contributed by atoms with Crippen molar-refractivity contribution in [3.05, 3.63) is 0 Å². The Kier molecular flexibility index (Phi) is 8.27. The number of thioether (sulfide) groups is 1. The lowest BCUT2D eigenvalue weighted by atomic mass is 9.97. The fourth-order valence-electron chi connectivity index (χ4n) is 1.58. The van der Waals surface area contributed by atoms with Crippen molar-refractivity contribution in [2.75, 3.05) is 26.5 Å². The summed E-state index contributed by atoms with van der Waals surface area (Å²) in [4.78, 5) is 17.1. The average Bonchev–Trinajstić information content (AvgIpc) is 2.51. The molecule has 0 radical (unpaired) electrons. The van der Waals surface area contributed by atoms with Gasteiger partial charge in [-0.1, -0.05) is 19.0 Å². The van der Waals surface area contributed by atoms with Crippen molar-refractivity contribution >= 4 is 53.5 Å². The molecule has 25 heavy (non-hydrogen) atoms. The van der Waals surface area contributed by atoms with Gasteiger partial charge in [0.2, 0.25) is 0 Å². The van der Waals surface area contributed by atoms with E-state index in [2.05, 4.69) is 19.0 Å². The predicted octanol–water partition coefficient (Wildman–Crippen LogP) is 4.71. The summed E-state index contributed by atoms with van der Waals surface area (Å²) in [5.41, 5.74) is -0.458. The highest BCUT2D eigenvalue weighted by molar-refractivity contribution is 8.15. The molecule has 1 heterocycles.